The summed E-state index contributed by atoms with van der Waals surface area (Å²) in [6.07, 6.45) is 0. The highest BCUT2D eigenvalue weighted by molar-refractivity contribution is 9.10. The molecule has 0 aliphatic rings. The molecule has 0 aliphatic heterocycles. The van der Waals surface area contributed by atoms with Crippen LogP contribution >= 0.6 is 15.9 Å². The van der Waals surface area contributed by atoms with E-state index in [2.05, 4.69) is 15.9 Å². The summed E-state index contributed by atoms with van der Waals surface area (Å²) in [5.41, 5.74) is 2.98. The summed E-state index contributed by atoms with van der Waals surface area (Å²) in [6, 6.07) is 0.769. The molecule has 0 fully saturated rings. The highest BCUT2D eigenvalue weighted by Crippen LogP contribution is 2.23. The standard InChI is InChI=1S/C9H6BrF3N2O2/c1-3(16)14-15-9(17)4-2-5(10)7(12)8(13)6(4)11/h2H,1H3,(H,14,16)(H,15,17). The van der Waals surface area contributed by atoms with Gasteiger partial charge in [-0.2, -0.15) is 0 Å². The first kappa shape index (κ1) is 13.5. The van der Waals surface area contributed by atoms with Gasteiger partial charge in [0, 0.05) is 6.92 Å². The first-order valence-electron chi connectivity index (χ1n) is 4.24. The lowest BCUT2D eigenvalue weighted by Crippen LogP contribution is -2.40. The molecule has 0 saturated heterocycles. The van der Waals surface area contributed by atoms with E-state index in [0.29, 0.717) is 0 Å². The van der Waals surface area contributed by atoms with E-state index in [1.165, 1.54) is 0 Å². The average Bonchev–Trinajstić information content (AvgIpc) is 2.28. The van der Waals surface area contributed by atoms with Gasteiger partial charge in [-0.1, -0.05) is 0 Å². The van der Waals surface area contributed by atoms with E-state index >= 15 is 0 Å². The maximum absolute atomic E-state index is 13.2. The van der Waals surface area contributed by atoms with Crippen molar-refractivity contribution in [2.45, 2.75) is 6.92 Å². The van der Waals surface area contributed by atoms with Gasteiger partial charge in [-0.05, 0) is 22.0 Å². The Morgan fingerprint density at radius 3 is 2.24 bits per heavy atom. The number of halogens is 4. The van der Waals surface area contributed by atoms with Crippen LogP contribution in [0.25, 0.3) is 0 Å². The number of rotatable bonds is 1. The molecule has 0 spiro atoms. The molecule has 0 saturated carbocycles. The number of nitrogens with one attached hydrogen (secondary N) is 2. The predicted molar refractivity (Wildman–Crippen MR) is 55.3 cm³/mol. The van der Waals surface area contributed by atoms with Crippen molar-refractivity contribution in [3.8, 4) is 0 Å². The Hall–Kier alpha value is -1.57. The van der Waals surface area contributed by atoms with Crippen molar-refractivity contribution in [1.82, 2.24) is 10.9 Å². The Morgan fingerprint density at radius 2 is 1.71 bits per heavy atom. The number of carbonyl (C=O) groups is 2. The van der Waals surface area contributed by atoms with Crippen LogP contribution in [0.1, 0.15) is 17.3 Å². The second-order valence-electron chi connectivity index (χ2n) is 2.98. The lowest BCUT2D eigenvalue weighted by Gasteiger charge is -2.07. The first-order chi connectivity index (χ1) is 7.84. The number of carbonyl (C=O) groups excluding carboxylic acids is 2. The molecule has 0 atom stereocenters. The van der Waals surface area contributed by atoms with Gasteiger partial charge >= 0.3 is 0 Å². The number of benzene rings is 1. The molecule has 0 bridgehead atoms. The van der Waals surface area contributed by atoms with Crippen molar-refractivity contribution >= 4 is 27.7 Å². The summed E-state index contributed by atoms with van der Waals surface area (Å²) in [5, 5.41) is 0. The van der Waals surface area contributed by atoms with Crippen LogP contribution in [0.2, 0.25) is 0 Å². The predicted octanol–water partition coefficient (Wildman–Crippen LogP) is 1.65. The molecule has 17 heavy (non-hydrogen) atoms. The summed E-state index contributed by atoms with van der Waals surface area (Å²) in [7, 11) is 0. The smallest absolute Gasteiger partial charge is 0.272 e. The molecular weight excluding hydrogens is 305 g/mol. The zero-order valence-corrected chi connectivity index (χ0v) is 9.99. The number of amides is 2. The van der Waals surface area contributed by atoms with Crippen LogP contribution in [-0.4, -0.2) is 11.8 Å². The van der Waals surface area contributed by atoms with Gasteiger partial charge in [0.15, 0.2) is 17.5 Å². The molecule has 1 rings (SSSR count). The van der Waals surface area contributed by atoms with Crippen LogP contribution in [0, 0.1) is 17.5 Å². The third-order valence-corrected chi connectivity index (χ3v) is 2.28. The summed E-state index contributed by atoms with van der Waals surface area (Å²) in [4.78, 5) is 21.8. The fourth-order valence-electron chi connectivity index (χ4n) is 0.950. The monoisotopic (exact) mass is 310 g/mol. The van der Waals surface area contributed by atoms with Crippen LogP contribution in [0.5, 0.6) is 0 Å². The molecule has 2 amide bonds. The SMILES string of the molecule is CC(=O)NNC(=O)c1cc(Br)c(F)c(F)c1F. The second-order valence-corrected chi connectivity index (χ2v) is 3.84. The molecule has 0 aliphatic carbocycles. The molecule has 0 unspecified atom stereocenters. The normalized spacial score (nSPS) is 9.94. The van der Waals surface area contributed by atoms with Gasteiger partial charge in [0.05, 0.1) is 10.0 Å². The summed E-state index contributed by atoms with van der Waals surface area (Å²) >= 11 is 2.63. The molecular formula is C9H6BrF3N2O2. The molecule has 0 aromatic heterocycles. The maximum atomic E-state index is 13.2. The minimum absolute atomic E-state index is 0.399. The third-order valence-electron chi connectivity index (χ3n) is 1.70. The highest BCUT2D eigenvalue weighted by Gasteiger charge is 2.21. The van der Waals surface area contributed by atoms with Gasteiger partial charge in [-0.3, -0.25) is 20.4 Å². The minimum atomic E-state index is -1.77. The number of hydrogen-bond acceptors (Lipinski definition) is 2. The Morgan fingerprint density at radius 1 is 1.12 bits per heavy atom. The third kappa shape index (κ3) is 2.96. The number of hydrogen-bond donors (Lipinski definition) is 2. The Kier molecular flexibility index (Phi) is 4.11. The molecule has 0 heterocycles. The van der Waals surface area contributed by atoms with Crippen molar-refractivity contribution in [2.75, 3.05) is 0 Å². The van der Waals surface area contributed by atoms with E-state index in [-0.39, 0.29) is 0 Å². The van der Waals surface area contributed by atoms with Gasteiger partial charge < -0.3 is 0 Å². The molecule has 8 heteroatoms. The Balaban J connectivity index is 3.06. The lowest BCUT2D eigenvalue weighted by atomic mass is 10.2. The minimum Gasteiger partial charge on any atom is -0.274 e. The summed E-state index contributed by atoms with van der Waals surface area (Å²) < 4.78 is 38.7. The van der Waals surface area contributed by atoms with Crippen LogP contribution in [0.15, 0.2) is 10.5 Å². The van der Waals surface area contributed by atoms with Gasteiger partial charge in [-0.25, -0.2) is 13.2 Å². The zero-order valence-electron chi connectivity index (χ0n) is 8.41. The lowest BCUT2D eigenvalue weighted by molar-refractivity contribution is -0.119. The van der Waals surface area contributed by atoms with E-state index in [9.17, 15) is 22.8 Å². The summed E-state index contributed by atoms with van der Waals surface area (Å²) in [6.45, 7) is 1.11. The van der Waals surface area contributed by atoms with Crippen LogP contribution in [0.4, 0.5) is 13.2 Å². The molecule has 4 nitrogen and oxygen atoms in total. The maximum Gasteiger partial charge on any atom is 0.272 e. The topological polar surface area (TPSA) is 58.2 Å². The fraction of sp³-hybridized carbons (Fsp3) is 0.111. The van der Waals surface area contributed by atoms with Crippen LogP contribution in [0.3, 0.4) is 0 Å². The van der Waals surface area contributed by atoms with Crippen molar-refractivity contribution in [3.63, 3.8) is 0 Å². The van der Waals surface area contributed by atoms with Crippen molar-refractivity contribution in [1.29, 1.82) is 0 Å². The van der Waals surface area contributed by atoms with Gasteiger partial charge in [0.1, 0.15) is 0 Å². The summed E-state index contributed by atoms with van der Waals surface area (Å²) in [5.74, 6) is -6.53. The first-order valence-corrected chi connectivity index (χ1v) is 5.03. The Labute approximate surface area is 102 Å². The van der Waals surface area contributed by atoms with Crippen molar-refractivity contribution < 1.29 is 22.8 Å². The van der Waals surface area contributed by atoms with Crippen molar-refractivity contribution in [2.24, 2.45) is 0 Å². The van der Waals surface area contributed by atoms with E-state index in [1.54, 1.807) is 0 Å². The highest BCUT2D eigenvalue weighted by atomic mass is 79.9. The average molecular weight is 311 g/mol. The van der Waals surface area contributed by atoms with Gasteiger partial charge in [0.25, 0.3) is 5.91 Å². The fourth-order valence-corrected chi connectivity index (χ4v) is 1.35. The van der Waals surface area contributed by atoms with E-state index in [4.69, 9.17) is 0 Å². The molecule has 1 aromatic carbocycles. The number of hydrazine groups is 1. The van der Waals surface area contributed by atoms with E-state index < -0.39 is 39.3 Å². The van der Waals surface area contributed by atoms with Crippen molar-refractivity contribution in [3.05, 3.63) is 33.6 Å². The zero-order chi connectivity index (χ0) is 13.2. The van der Waals surface area contributed by atoms with E-state index in [1.807, 2.05) is 10.9 Å². The van der Waals surface area contributed by atoms with Gasteiger partial charge in [0.2, 0.25) is 5.91 Å². The van der Waals surface area contributed by atoms with E-state index in [0.717, 1.165) is 13.0 Å². The molecule has 2 N–H and O–H groups in total. The second kappa shape index (κ2) is 5.17. The largest absolute Gasteiger partial charge is 0.274 e. The van der Waals surface area contributed by atoms with Crippen LogP contribution in [-0.2, 0) is 4.79 Å². The molecule has 92 valence electrons. The van der Waals surface area contributed by atoms with Gasteiger partial charge in [-0.15, -0.1) is 0 Å². The Bertz CT molecular complexity index is 494. The molecule has 1 aromatic rings. The quantitative estimate of drug-likeness (QED) is 0.471. The van der Waals surface area contributed by atoms with Crippen LogP contribution < -0.4 is 10.9 Å². The molecule has 0 radical (unpaired) electrons.